The van der Waals surface area contributed by atoms with Gasteiger partial charge in [-0.2, -0.15) is 10.5 Å². The van der Waals surface area contributed by atoms with E-state index in [0.29, 0.717) is 11.3 Å². The molecule has 1 heterocycles. The van der Waals surface area contributed by atoms with Crippen molar-refractivity contribution in [2.75, 3.05) is 12.8 Å². The van der Waals surface area contributed by atoms with Crippen LogP contribution in [0, 0.1) is 40.3 Å². The van der Waals surface area contributed by atoms with Gasteiger partial charge in [0.25, 0.3) is 5.56 Å². The third kappa shape index (κ3) is 3.78. The maximum atomic E-state index is 13.9. The van der Waals surface area contributed by atoms with E-state index < -0.39 is 11.4 Å². The van der Waals surface area contributed by atoms with Crippen molar-refractivity contribution in [1.29, 1.82) is 10.5 Å². The molecule has 6 nitrogen and oxygen atoms in total. The number of nitrogen functional groups attached to an aromatic ring is 1. The summed E-state index contributed by atoms with van der Waals surface area (Å²) in [4.78, 5) is 14.4. The zero-order chi connectivity index (χ0) is 21.0. The van der Waals surface area contributed by atoms with Crippen LogP contribution in [-0.4, -0.2) is 12.1 Å². The van der Waals surface area contributed by atoms with Crippen LogP contribution >= 0.6 is 0 Å². The van der Waals surface area contributed by atoms with E-state index in [-0.39, 0.29) is 33.6 Å². The van der Waals surface area contributed by atoms with Gasteiger partial charge in [0.05, 0.1) is 7.11 Å². The third-order valence-electron chi connectivity index (χ3n) is 4.15. The molecule has 140 valence electrons. The molecule has 0 amide bonds. The van der Waals surface area contributed by atoms with Gasteiger partial charge in [-0.1, -0.05) is 17.9 Å². The zero-order valence-electron chi connectivity index (χ0n) is 15.2. The van der Waals surface area contributed by atoms with Gasteiger partial charge in [-0.3, -0.25) is 4.79 Å². The minimum absolute atomic E-state index is 0.0234. The quantitative estimate of drug-likeness (QED) is 0.659. The molecule has 0 fully saturated rings. The lowest BCUT2D eigenvalue weighted by atomic mass is 9.93. The highest BCUT2D eigenvalue weighted by atomic mass is 19.1. The molecule has 0 saturated heterocycles. The number of H-pyrrole nitrogens is 1. The van der Waals surface area contributed by atoms with Crippen molar-refractivity contribution < 1.29 is 9.13 Å². The summed E-state index contributed by atoms with van der Waals surface area (Å²) in [7, 11) is 1.55. The van der Waals surface area contributed by atoms with Gasteiger partial charge in [0, 0.05) is 22.3 Å². The van der Waals surface area contributed by atoms with Crippen LogP contribution in [0.1, 0.15) is 22.3 Å². The van der Waals surface area contributed by atoms with Gasteiger partial charge in [0.15, 0.2) is 0 Å². The van der Waals surface area contributed by atoms with E-state index in [2.05, 4.69) is 16.8 Å². The molecule has 0 bridgehead atoms. The van der Waals surface area contributed by atoms with E-state index in [9.17, 15) is 19.7 Å². The van der Waals surface area contributed by atoms with Crippen molar-refractivity contribution in [3.8, 4) is 40.9 Å². The number of ether oxygens (including phenoxy) is 1. The minimum atomic E-state index is -0.739. The van der Waals surface area contributed by atoms with E-state index in [1.165, 1.54) is 12.1 Å². The molecule has 1 aromatic heterocycles. The summed E-state index contributed by atoms with van der Waals surface area (Å²) >= 11 is 0. The standard InChI is InChI=1S/C22H13FN4O2/c1-29-16-7-3-13(4-8-16)2-5-14-10-15(23)6-9-17(14)20-18(11-24)21(26)27-22(28)19(20)12-25/h3-4,6-10H,1H3,(H3,26,27,28). The molecule has 2 aromatic carbocycles. The second-order valence-electron chi connectivity index (χ2n) is 5.88. The van der Waals surface area contributed by atoms with Gasteiger partial charge in [0.1, 0.15) is 40.6 Å². The number of pyridine rings is 1. The number of nitriles is 2. The van der Waals surface area contributed by atoms with Crippen LogP contribution in [0.2, 0.25) is 0 Å². The largest absolute Gasteiger partial charge is 0.497 e. The zero-order valence-corrected chi connectivity index (χ0v) is 15.2. The fraction of sp³-hybridized carbons (Fsp3) is 0.0455. The Balaban J connectivity index is 2.25. The number of hydrogen-bond donors (Lipinski definition) is 2. The monoisotopic (exact) mass is 384 g/mol. The van der Waals surface area contributed by atoms with Crippen molar-refractivity contribution in [2.45, 2.75) is 0 Å². The Morgan fingerprint density at radius 3 is 2.34 bits per heavy atom. The second kappa shape index (κ2) is 8.00. The lowest BCUT2D eigenvalue weighted by Gasteiger charge is -2.11. The summed E-state index contributed by atoms with van der Waals surface area (Å²) in [5, 5.41) is 18.9. The lowest BCUT2D eigenvalue weighted by Crippen LogP contribution is -2.16. The summed E-state index contributed by atoms with van der Waals surface area (Å²) in [5.74, 6) is 5.68. The van der Waals surface area contributed by atoms with E-state index in [1.807, 2.05) is 6.07 Å². The highest BCUT2D eigenvalue weighted by Crippen LogP contribution is 2.31. The van der Waals surface area contributed by atoms with Crippen LogP contribution < -0.4 is 16.0 Å². The van der Waals surface area contributed by atoms with E-state index in [4.69, 9.17) is 10.5 Å². The van der Waals surface area contributed by atoms with Crippen molar-refractivity contribution in [2.24, 2.45) is 0 Å². The molecule has 7 heteroatoms. The number of halogens is 1. The van der Waals surface area contributed by atoms with Gasteiger partial charge in [-0.25, -0.2) is 4.39 Å². The molecule has 0 spiro atoms. The van der Waals surface area contributed by atoms with E-state index in [0.717, 1.165) is 6.07 Å². The van der Waals surface area contributed by atoms with Crippen LogP contribution in [0.3, 0.4) is 0 Å². The number of benzene rings is 2. The van der Waals surface area contributed by atoms with Crippen LogP contribution in [0.15, 0.2) is 47.3 Å². The minimum Gasteiger partial charge on any atom is -0.497 e. The predicted octanol–water partition coefficient (Wildman–Crippen LogP) is 2.91. The van der Waals surface area contributed by atoms with Crippen LogP contribution in [0.25, 0.3) is 11.1 Å². The van der Waals surface area contributed by atoms with Crippen LogP contribution in [-0.2, 0) is 0 Å². The van der Waals surface area contributed by atoms with Crippen molar-refractivity contribution >= 4 is 5.82 Å². The van der Waals surface area contributed by atoms with Crippen molar-refractivity contribution in [3.63, 3.8) is 0 Å². The summed E-state index contributed by atoms with van der Waals surface area (Å²) in [5.41, 5.74) is 5.78. The average molecular weight is 384 g/mol. The fourth-order valence-corrected chi connectivity index (χ4v) is 2.76. The molecule has 0 aliphatic heterocycles. The number of nitrogens with two attached hydrogens (primary N) is 1. The van der Waals surface area contributed by atoms with Gasteiger partial charge >= 0.3 is 0 Å². The van der Waals surface area contributed by atoms with Crippen molar-refractivity contribution in [3.05, 3.63) is 80.9 Å². The molecular formula is C22H13FN4O2. The van der Waals surface area contributed by atoms with Gasteiger partial charge in [-0.05, 0) is 36.4 Å². The smallest absolute Gasteiger partial charge is 0.268 e. The van der Waals surface area contributed by atoms with Crippen LogP contribution in [0.5, 0.6) is 5.75 Å². The molecule has 29 heavy (non-hydrogen) atoms. The number of anilines is 1. The first-order chi connectivity index (χ1) is 14.0. The molecule has 3 aromatic rings. The van der Waals surface area contributed by atoms with Gasteiger partial charge < -0.3 is 15.5 Å². The number of aromatic amines is 1. The highest BCUT2D eigenvalue weighted by molar-refractivity contribution is 5.83. The van der Waals surface area contributed by atoms with E-state index in [1.54, 1.807) is 37.4 Å². The fourth-order valence-electron chi connectivity index (χ4n) is 2.76. The number of aromatic nitrogens is 1. The van der Waals surface area contributed by atoms with E-state index >= 15 is 0 Å². The lowest BCUT2D eigenvalue weighted by molar-refractivity contribution is 0.415. The third-order valence-corrected chi connectivity index (χ3v) is 4.15. The first-order valence-electron chi connectivity index (χ1n) is 8.30. The SMILES string of the molecule is COc1ccc(C#Cc2cc(F)ccc2-c2c(C#N)c(N)[nH]c(=O)c2C#N)cc1. The Hall–Kier alpha value is -4.54. The molecular weight excluding hydrogens is 371 g/mol. The highest BCUT2D eigenvalue weighted by Gasteiger charge is 2.20. The average Bonchev–Trinajstić information content (AvgIpc) is 2.72. The topological polar surface area (TPSA) is 116 Å². The molecule has 3 N–H and O–H groups in total. The molecule has 0 saturated carbocycles. The van der Waals surface area contributed by atoms with Gasteiger partial charge in [-0.15, -0.1) is 0 Å². The predicted molar refractivity (Wildman–Crippen MR) is 105 cm³/mol. The summed E-state index contributed by atoms with van der Waals surface area (Å²) in [6, 6.07) is 14.3. The second-order valence-corrected chi connectivity index (χ2v) is 5.88. The summed E-state index contributed by atoms with van der Waals surface area (Å²) < 4.78 is 19.0. The van der Waals surface area contributed by atoms with Crippen LogP contribution in [0.4, 0.5) is 10.2 Å². The molecule has 3 rings (SSSR count). The Labute approximate surface area is 165 Å². The first-order valence-corrected chi connectivity index (χ1v) is 8.30. The normalized spacial score (nSPS) is 9.66. The maximum absolute atomic E-state index is 13.9. The Morgan fingerprint density at radius 2 is 1.72 bits per heavy atom. The first kappa shape index (κ1) is 19.2. The summed E-state index contributed by atoms with van der Waals surface area (Å²) in [6.07, 6.45) is 0. The Morgan fingerprint density at radius 1 is 1.03 bits per heavy atom. The van der Waals surface area contributed by atoms with Gasteiger partial charge in [0.2, 0.25) is 0 Å². The molecule has 0 radical (unpaired) electrons. The molecule has 0 unspecified atom stereocenters. The summed E-state index contributed by atoms with van der Waals surface area (Å²) in [6.45, 7) is 0. The number of nitrogens with one attached hydrogen (secondary N) is 1. The number of methoxy groups -OCH3 is 1. The Bertz CT molecular complexity index is 1300. The molecule has 0 atom stereocenters. The van der Waals surface area contributed by atoms with Crippen molar-refractivity contribution in [1.82, 2.24) is 4.98 Å². The number of nitrogens with zero attached hydrogens (tertiary/aromatic N) is 2. The number of hydrogen-bond acceptors (Lipinski definition) is 5. The molecule has 0 aliphatic rings. The number of rotatable bonds is 2. The molecule has 0 aliphatic carbocycles. The maximum Gasteiger partial charge on any atom is 0.268 e. The Kier molecular flexibility index (Phi) is 5.30.